The van der Waals surface area contributed by atoms with E-state index >= 15 is 0 Å². The lowest BCUT2D eigenvalue weighted by molar-refractivity contribution is -0.121. The van der Waals surface area contributed by atoms with Crippen molar-refractivity contribution < 1.29 is 9.59 Å². The van der Waals surface area contributed by atoms with Crippen molar-refractivity contribution in [3.63, 3.8) is 0 Å². The van der Waals surface area contributed by atoms with Gasteiger partial charge in [0.05, 0.1) is 17.1 Å². The Bertz CT molecular complexity index is 1140. The second-order valence-electron chi connectivity index (χ2n) is 9.21. The fourth-order valence-electron chi connectivity index (χ4n) is 4.46. The van der Waals surface area contributed by atoms with E-state index in [2.05, 4.69) is 24.3 Å². The molecule has 0 unspecified atom stereocenters. The van der Waals surface area contributed by atoms with Gasteiger partial charge < -0.3 is 10.2 Å². The van der Waals surface area contributed by atoms with E-state index < -0.39 is 0 Å². The maximum atomic E-state index is 13.5. The van der Waals surface area contributed by atoms with Gasteiger partial charge in [-0.1, -0.05) is 18.2 Å². The standard InChI is InChI=1S/C25H29N5O2/c1-16(2)30-23-21(15-26-30)20(14-22(28-23)17-8-9-17)25(32)29-12-10-18(11-13-29)24(31)27-19-6-4-3-5-7-19/h3-7,14-18H,8-13H2,1-2H3,(H,27,31). The Hall–Kier alpha value is -3.22. The lowest BCUT2D eigenvalue weighted by atomic mass is 9.95. The maximum Gasteiger partial charge on any atom is 0.254 e. The molecule has 3 heterocycles. The molecule has 2 aliphatic rings. The molecule has 32 heavy (non-hydrogen) atoms. The molecule has 1 aromatic carbocycles. The Labute approximate surface area is 187 Å². The Kier molecular flexibility index (Phi) is 5.41. The average Bonchev–Trinajstić information content (AvgIpc) is 3.57. The quantitative estimate of drug-likeness (QED) is 0.650. The summed E-state index contributed by atoms with van der Waals surface area (Å²) >= 11 is 0. The third-order valence-electron chi connectivity index (χ3n) is 6.50. The minimum absolute atomic E-state index is 0.0181. The first-order valence-corrected chi connectivity index (χ1v) is 11.5. The zero-order chi connectivity index (χ0) is 22.2. The van der Waals surface area contributed by atoms with Gasteiger partial charge in [-0.2, -0.15) is 5.10 Å². The Balaban J connectivity index is 1.32. The molecule has 0 bridgehead atoms. The van der Waals surface area contributed by atoms with Crippen LogP contribution in [0, 0.1) is 5.92 Å². The van der Waals surface area contributed by atoms with E-state index in [4.69, 9.17) is 4.98 Å². The van der Waals surface area contributed by atoms with Gasteiger partial charge in [-0.15, -0.1) is 0 Å². The highest BCUT2D eigenvalue weighted by Crippen LogP contribution is 2.40. The van der Waals surface area contributed by atoms with Gasteiger partial charge in [0.15, 0.2) is 5.65 Å². The highest BCUT2D eigenvalue weighted by molar-refractivity contribution is 6.05. The SMILES string of the molecule is CC(C)n1ncc2c(C(=O)N3CCC(C(=O)Nc4ccccc4)CC3)cc(C3CC3)nc21. The molecule has 1 aliphatic heterocycles. The number of carbonyl (C=O) groups excluding carboxylic acids is 2. The van der Waals surface area contributed by atoms with E-state index in [1.54, 1.807) is 6.20 Å². The van der Waals surface area contributed by atoms with Crippen LogP contribution in [0.2, 0.25) is 0 Å². The number of carbonyl (C=O) groups is 2. The van der Waals surface area contributed by atoms with Crippen LogP contribution in [0.25, 0.3) is 11.0 Å². The average molecular weight is 432 g/mol. The van der Waals surface area contributed by atoms with Gasteiger partial charge in [-0.25, -0.2) is 9.67 Å². The number of para-hydroxylation sites is 1. The highest BCUT2D eigenvalue weighted by atomic mass is 16.2. The fourth-order valence-corrected chi connectivity index (χ4v) is 4.46. The molecular weight excluding hydrogens is 402 g/mol. The van der Waals surface area contributed by atoms with Crippen LogP contribution in [-0.4, -0.2) is 44.6 Å². The van der Waals surface area contributed by atoms with E-state index in [0.717, 1.165) is 35.3 Å². The lowest BCUT2D eigenvalue weighted by Crippen LogP contribution is -2.41. The lowest BCUT2D eigenvalue weighted by Gasteiger charge is -2.31. The summed E-state index contributed by atoms with van der Waals surface area (Å²) in [5.41, 5.74) is 3.30. The topological polar surface area (TPSA) is 80.1 Å². The fraction of sp³-hybridized carbons (Fsp3) is 0.440. The number of hydrogen-bond acceptors (Lipinski definition) is 4. The summed E-state index contributed by atoms with van der Waals surface area (Å²) in [6.07, 6.45) is 5.36. The molecule has 0 spiro atoms. The van der Waals surface area contributed by atoms with E-state index in [1.165, 1.54) is 0 Å². The largest absolute Gasteiger partial charge is 0.339 e. The van der Waals surface area contributed by atoms with Crippen molar-refractivity contribution in [1.29, 1.82) is 0 Å². The van der Waals surface area contributed by atoms with Crippen LogP contribution >= 0.6 is 0 Å². The summed E-state index contributed by atoms with van der Waals surface area (Å²) in [5.74, 6) is 0.421. The van der Waals surface area contributed by atoms with Crippen LogP contribution in [0.1, 0.15) is 67.5 Å². The van der Waals surface area contributed by atoms with Crippen molar-refractivity contribution in [2.75, 3.05) is 18.4 Å². The first-order valence-electron chi connectivity index (χ1n) is 11.5. The third-order valence-corrected chi connectivity index (χ3v) is 6.50. The molecular formula is C25H29N5O2. The molecule has 5 rings (SSSR count). The third kappa shape index (κ3) is 3.99. The summed E-state index contributed by atoms with van der Waals surface area (Å²) in [6.45, 7) is 5.30. The molecule has 2 fully saturated rings. The Morgan fingerprint density at radius 3 is 2.44 bits per heavy atom. The van der Waals surface area contributed by atoms with Gasteiger partial charge in [-0.05, 0) is 57.7 Å². The number of likely N-dealkylation sites (tertiary alicyclic amines) is 1. The van der Waals surface area contributed by atoms with Crippen molar-refractivity contribution >= 4 is 28.5 Å². The van der Waals surface area contributed by atoms with Crippen molar-refractivity contribution in [3.05, 3.63) is 53.9 Å². The normalized spacial score (nSPS) is 17.2. The molecule has 3 aromatic rings. The van der Waals surface area contributed by atoms with Crippen molar-refractivity contribution in [2.24, 2.45) is 5.92 Å². The molecule has 0 atom stereocenters. The number of benzene rings is 1. The van der Waals surface area contributed by atoms with Crippen LogP contribution in [0.4, 0.5) is 5.69 Å². The zero-order valence-corrected chi connectivity index (χ0v) is 18.6. The monoisotopic (exact) mass is 431 g/mol. The summed E-state index contributed by atoms with van der Waals surface area (Å²) in [7, 11) is 0. The molecule has 7 nitrogen and oxygen atoms in total. The van der Waals surface area contributed by atoms with Gasteiger partial charge >= 0.3 is 0 Å². The molecule has 1 N–H and O–H groups in total. The van der Waals surface area contributed by atoms with Crippen molar-refractivity contribution in [2.45, 2.75) is 51.5 Å². The van der Waals surface area contributed by atoms with Gasteiger partial charge in [0.1, 0.15) is 0 Å². The number of piperidine rings is 1. The second-order valence-corrected chi connectivity index (χ2v) is 9.21. The number of nitrogens with zero attached hydrogens (tertiary/aromatic N) is 4. The summed E-state index contributed by atoms with van der Waals surface area (Å²) in [6, 6.07) is 11.7. The predicted octanol–water partition coefficient (Wildman–Crippen LogP) is 4.38. The number of rotatable bonds is 5. The molecule has 166 valence electrons. The van der Waals surface area contributed by atoms with E-state index in [1.807, 2.05) is 46.0 Å². The number of hydrogen-bond donors (Lipinski definition) is 1. The van der Waals surface area contributed by atoms with Crippen LogP contribution in [-0.2, 0) is 4.79 Å². The number of anilines is 1. The second kappa shape index (κ2) is 8.37. The zero-order valence-electron chi connectivity index (χ0n) is 18.6. The van der Waals surface area contributed by atoms with Gasteiger partial charge in [0, 0.05) is 42.3 Å². The molecule has 2 aromatic heterocycles. The molecule has 7 heteroatoms. The van der Waals surface area contributed by atoms with E-state index in [0.29, 0.717) is 37.4 Å². The highest BCUT2D eigenvalue weighted by Gasteiger charge is 2.32. The number of aromatic nitrogens is 3. The van der Waals surface area contributed by atoms with Crippen LogP contribution in [0.3, 0.4) is 0 Å². The van der Waals surface area contributed by atoms with Crippen LogP contribution in [0.5, 0.6) is 0 Å². The number of pyridine rings is 1. The van der Waals surface area contributed by atoms with E-state index in [-0.39, 0.29) is 23.8 Å². The van der Waals surface area contributed by atoms with Gasteiger partial charge in [0.2, 0.25) is 5.91 Å². The van der Waals surface area contributed by atoms with Gasteiger partial charge in [0.25, 0.3) is 5.91 Å². The first-order chi connectivity index (χ1) is 15.5. The summed E-state index contributed by atoms with van der Waals surface area (Å²) in [5, 5.41) is 8.32. The van der Waals surface area contributed by atoms with Crippen molar-refractivity contribution in [1.82, 2.24) is 19.7 Å². The molecule has 1 saturated heterocycles. The minimum Gasteiger partial charge on any atom is -0.339 e. The molecule has 1 saturated carbocycles. The van der Waals surface area contributed by atoms with Crippen LogP contribution in [0.15, 0.2) is 42.6 Å². The first kappa shape index (κ1) is 20.7. The molecule has 0 radical (unpaired) electrons. The number of nitrogens with one attached hydrogen (secondary N) is 1. The summed E-state index contributed by atoms with van der Waals surface area (Å²) in [4.78, 5) is 32.9. The molecule has 1 aliphatic carbocycles. The Morgan fingerprint density at radius 1 is 1.06 bits per heavy atom. The number of fused-ring (bicyclic) bond motifs is 1. The minimum atomic E-state index is -0.0811. The van der Waals surface area contributed by atoms with Crippen LogP contribution < -0.4 is 5.32 Å². The smallest absolute Gasteiger partial charge is 0.254 e. The van der Waals surface area contributed by atoms with Gasteiger partial charge in [-0.3, -0.25) is 9.59 Å². The maximum absolute atomic E-state index is 13.5. The Morgan fingerprint density at radius 2 is 1.78 bits per heavy atom. The van der Waals surface area contributed by atoms with Crippen molar-refractivity contribution in [3.8, 4) is 0 Å². The summed E-state index contributed by atoms with van der Waals surface area (Å²) < 4.78 is 1.90. The van der Waals surface area contributed by atoms with E-state index in [9.17, 15) is 9.59 Å². The molecule has 2 amide bonds. The predicted molar refractivity (Wildman–Crippen MR) is 124 cm³/mol. The number of amides is 2.